The van der Waals surface area contributed by atoms with Gasteiger partial charge in [-0.2, -0.15) is 0 Å². The van der Waals surface area contributed by atoms with Gasteiger partial charge in [0.05, 0.1) is 0 Å². The Hall–Kier alpha value is 0.200. The lowest BCUT2D eigenvalue weighted by atomic mass is 9.89. The van der Waals surface area contributed by atoms with Gasteiger partial charge in [0.2, 0.25) is 0 Å². The molecule has 2 unspecified atom stereocenters. The van der Waals surface area contributed by atoms with Gasteiger partial charge in [0.25, 0.3) is 0 Å². The summed E-state index contributed by atoms with van der Waals surface area (Å²) in [6.45, 7) is 0. The number of rotatable bonds is 1. The predicted octanol–water partition coefficient (Wildman–Crippen LogP) is 0.730. The van der Waals surface area contributed by atoms with E-state index in [1.165, 1.54) is 6.42 Å². The number of aliphatic carboxylic acids is 1. The smallest absolute Gasteiger partial charge is 0.0455 e. The molecule has 58 valence electrons. The summed E-state index contributed by atoms with van der Waals surface area (Å²) < 4.78 is 0.302. The van der Waals surface area contributed by atoms with Gasteiger partial charge >= 0.3 is 0 Å². The van der Waals surface area contributed by atoms with Crippen LogP contribution in [0, 0.1) is 5.92 Å². The van der Waals surface area contributed by atoms with Gasteiger partial charge in [-0.15, -0.1) is 0 Å². The standard InChI is InChI=1S/C7H11IO2/c8-6-4-2-1-3-5(6)7(9)10/h5-6H,1-4H2,(H,9,10)/p-1. The quantitative estimate of drug-likeness (QED) is 0.510. The maximum Gasteiger partial charge on any atom is 0.0455 e. The monoisotopic (exact) mass is 253 g/mol. The van der Waals surface area contributed by atoms with E-state index < -0.39 is 5.97 Å². The zero-order valence-corrected chi connectivity index (χ0v) is 7.84. The second-order valence-corrected chi connectivity index (χ2v) is 4.33. The molecular weight excluding hydrogens is 243 g/mol. The van der Waals surface area contributed by atoms with E-state index in [0.717, 1.165) is 19.3 Å². The molecule has 0 amide bonds. The molecule has 2 atom stereocenters. The van der Waals surface area contributed by atoms with E-state index in [0.29, 0.717) is 3.92 Å². The van der Waals surface area contributed by atoms with Crippen LogP contribution in [0.4, 0.5) is 0 Å². The topological polar surface area (TPSA) is 40.1 Å². The third-order valence-corrected chi connectivity index (χ3v) is 3.48. The van der Waals surface area contributed by atoms with Crippen molar-refractivity contribution in [3.05, 3.63) is 0 Å². The van der Waals surface area contributed by atoms with Gasteiger partial charge in [-0.1, -0.05) is 35.4 Å². The maximum atomic E-state index is 10.4. The fraction of sp³-hybridized carbons (Fsp3) is 0.857. The molecule has 0 aromatic carbocycles. The van der Waals surface area contributed by atoms with Crippen LogP contribution in [0.25, 0.3) is 0 Å². The molecule has 0 spiro atoms. The zero-order valence-electron chi connectivity index (χ0n) is 5.68. The summed E-state index contributed by atoms with van der Waals surface area (Å²) in [7, 11) is 0. The summed E-state index contributed by atoms with van der Waals surface area (Å²) >= 11 is 2.21. The minimum atomic E-state index is -0.862. The van der Waals surface area contributed by atoms with Crippen LogP contribution in [0.5, 0.6) is 0 Å². The molecule has 0 N–H and O–H groups in total. The Morgan fingerprint density at radius 1 is 1.40 bits per heavy atom. The van der Waals surface area contributed by atoms with Crippen LogP contribution in [0.1, 0.15) is 25.7 Å². The molecule has 1 aliphatic rings. The van der Waals surface area contributed by atoms with Gasteiger partial charge in [-0.05, 0) is 12.8 Å². The lowest BCUT2D eigenvalue weighted by molar-refractivity contribution is -0.312. The summed E-state index contributed by atoms with van der Waals surface area (Å²) in [6.07, 6.45) is 4.09. The van der Waals surface area contributed by atoms with Crippen molar-refractivity contribution in [1.29, 1.82) is 0 Å². The van der Waals surface area contributed by atoms with Crippen LogP contribution in [-0.4, -0.2) is 9.89 Å². The Morgan fingerprint density at radius 3 is 2.40 bits per heavy atom. The van der Waals surface area contributed by atoms with Crippen LogP contribution in [-0.2, 0) is 4.79 Å². The number of carboxylic acid groups (broad SMARTS) is 1. The fourth-order valence-electron chi connectivity index (χ4n) is 1.35. The van der Waals surface area contributed by atoms with Gasteiger partial charge in [0.1, 0.15) is 0 Å². The molecule has 0 heterocycles. The summed E-state index contributed by atoms with van der Waals surface area (Å²) in [5, 5.41) is 10.4. The molecule has 1 fully saturated rings. The Kier molecular flexibility index (Phi) is 2.95. The summed E-state index contributed by atoms with van der Waals surface area (Å²) in [5.41, 5.74) is 0. The molecule has 1 aliphatic carbocycles. The minimum absolute atomic E-state index is 0.186. The number of alkyl halides is 1. The van der Waals surface area contributed by atoms with E-state index >= 15 is 0 Å². The van der Waals surface area contributed by atoms with E-state index in [2.05, 4.69) is 22.6 Å². The second kappa shape index (κ2) is 3.55. The lowest BCUT2D eigenvalue weighted by Crippen LogP contribution is -2.37. The van der Waals surface area contributed by atoms with Crippen molar-refractivity contribution in [3.63, 3.8) is 0 Å². The summed E-state index contributed by atoms with van der Waals surface area (Å²) in [5.74, 6) is -1.05. The van der Waals surface area contributed by atoms with Crippen LogP contribution in [0.3, 0.4) is 0 Å². The van der Waals surface area contributed by atoms with E-state index in [1.54, 1.807) is 0 Å². The Bertz CT molecular complexity index is 136. The van der Waals surface area contributed by atoms with E-state index in [4.69, 9.17) is 0 Å². The van der Waals surface area contributed by atoms with Gasteiger partial charge in [0, 0.05) is 15.8 Å². The minimum Gasteiger partial charge on any atom is -0.550 e. The van der Waals surface area contributed by atoms with Crippen molar-refractivity contribution >= 4 is 28.6 Å². The number of hydrogen-bond acceptors (Lipinski definition) is 2. The first-order chi connectivity index (χ1) is 4.72. The number of carbonyl (C=O) groups excluding carboxylic acids is 1. The number of carbonyl (C=O) groups is 1. The molecule has 1 rings (SSSR count). The van der Waals surface area contributed by atoms with E-state index in [9.17, 15) is 9.90 Å². The van der Waals surface area contributed by atoms with Crippen LogP contribution >= 0.6 is 22.6 Å². The van der Waals surface area contributed by atoms with Crippen molar-refractivity contribution in [3.8, 4) is 0 Å². The normalized spacial score (nSPS) is 33.7. The maximum absolute atomic E-state index is 10.4. The zero-order chi connectivity index (χ0) is 7.56. The Labute approximate surface area is 74.1 Å². The van der Waals surface area contributed by atoms with Gasteiger partial charge in [-0.3, -0.25) is 0 Å². The first-order valence-electron chi connectivity index (χ1n) is 3.56. The second-order valence-electron chi connectivity index (χ2n) is 2.73. The van der Waals surface area contributed by atoms with Crippen LogP contribution in [0.2, 0.25) is 0 Å². The highest BCUT2D eigenvalue weighted by molar-refractivity contribution is 14.1. The highest BCUT2D eigenvalue weighted by atomic mass is 127. The van der Waals surface area contributed by atoms with Crippen LogP contribution in [0.15, 0.2) is 0 Å². The molecule has 0 bridgehead atoms. The third-order valence-electron chi connectivity index (χ3n) is 1.98. The van der Waals surface area contributed by atoms with Crippen molar-refractivity contribution in [2.24, 2.45) is 5.92 Å². The molecular formula is C7H10IO2-. The number of hydrogen-bond donors (Lipinski definition) is 0. The summed E-state index contributed by atoms with van der Waals surface area (Å²) in [4.78, 5) is 10.4. The number of carboxylic acids is 1. The van der Waals surface area contributed by atoms with Gasteiger partial charge < -0.3 is 9.90 Å². The van der Waals surface area contributed by atoms with Crippen molar-refractivity contribution < 1.29 is 9.90 Å². The van der Waals surface area contributed by atoms with E-state index in [-0.39, 0.29) is 5.92 Å². The molecule has 2 nitrogen and oxygen atoms in total. The largest absolute Gasteiger partial charge is 0.550 e. The Balaban J connectivity index is 2.47. The summed E-state index contributed by atoms with van der Waals surface area (Å²) in [6, 6.07) is 0. The molecule has 0 aromatic rings. The highest BCUT2D eigenvalue weighted by Crippen LogP contribution is 2.29. The van der Waals surface area contributed by atoms with Crippen molar-refractivity contribution in [2.75, 3.05) is 0 Å². The fourth-order valence-corrected chi connectivity index (χ4v) is 2.44. The van der Waals surface area contributed by atoms with Crippen LogP contribution < -0.4 is 5.11 Å². The van der Waals surface area contributed by atoms with E-state index in [1.807, 2.05) is 0 Å². The molecule has 0 saturated heterocycles. The number of halogens is 1. The predicted molar refractivity (Wildman–Crippen MR) is 44.8 cm³/mol. The Morgan fingerprint density at radius 2 is 2.00 bits per heavy atom. The third kappa shape index (κ3) is 1.84. The van der Waals surface area contributed by atoms with Crippen molar-refractivity contribution in [2.45, 2.75) is 29.6 Å². The molecule has 10 heavy (non-hydrogen) atoms. The molecule has 3 heteroatoms. The molecule has 1 saturated carbocycles. The molecule has 0 aliphatic heterocycles. The molecule has 0 aromatic heterocycles. The van der Waals surface area contributed by atoms with Crippen molar-refractivity contribution in [1.82, 2.24) is 0 Å². The van der Waals surface area contributed by atoms with Gasteiger partial charge in [-0.25, -0.2) is 0 Å². The first kappa shape index (κ1) is 8.30. The average molecular weight is 253 g/mol. The first-order valence-corrected chi connectivity index (χ1v) is 4.81. The lowest BCUT2D eigenvalue weighted by Gasteiger charge is -2.27. The average Bonchev–Trinajstić information content (AvgIpc) is 1.88. The van der Waals surface area contributed by atoms with Gasteiger partial charge in [0.15, 0.2) is 0 Å². The SMILES string of the molecule is O=C([O-])C1CCCCC1I. The molecule has 0 radical (unpaired) electrons. The highest BCUT2D eigenvalue weighted by Gasteiger charge is 2.22.